The summed E-state index contributed by atoms with van der Waals surface area (Å²) in [4.78, 5) is 6.16. The highest BCUT2D eigenvalue weighted by Crippen LogP contribution is 2.36. The maximum atomic E-state index is 15.3. The Bertz CT molecular complexity index is 1580. The van der Waals surface area contributed by atoms with Crippen molar-refractivity contribution in [2.24, 2.45) is 0 Å². The van der Waals surface area contributed by atoms with Crippen LogP contribution in [-0.4, -0.2) is 92.1 Å². The molecule has 6 rings (SSSR count). The number of ether oxygens (including phenoxy) is 2. The molecule has 2 fully saturated rings. The molecule has 0 unspecified atom stereocenters. The summed E-state index contributed by atoms with van der Waals surface area (Å²) in [6, 6.07) is 6.28. The number of benzene rings is 1. The summed E-state index contributed by atoms with van der Waals surface area (Å²) in [5, 5.41) is 24.5. The molecule has 2 aliphatic heterocycles. The van der Waals surface area contributed by atoms with E-state index in [1.54, 1.807) is 17.0 Å². The predicted octanol–water partition coefficient (Wildman–Crippen LogP) is 2.67. The molecule has 1 aromatic carbocycles. The molecule has 204 valence electrons. The first-order chi connectivity index (χ1) is 18.8. The number of halogens is 4. The lowest BCUT2D eigenvalue weighted by Gasteiger charge is -2.48. The largest absolute Gasteiger partial charge is 0.479 e. The third-order valence-corrected chi connectivity index (χ3v) is 7.21. The van der Waals surface area contributed by atoms with Gasteiger partial charge in [0.2, 0.25) is 11.8 Å². The van der Waals surface area contributed by atoms with Gasteiger partial charge in [-0.2, -0.15) is 10.2 Å². The van der Waals surface area contributed by atoms with Crippen molar-refractivity contribution in [2.45, 2.75) is 37.1 Å². The minimum absolute atomic E-state index is 0.0357. The number of nitrogens with one attached hydrogen (secondary N) is 1. The fourth-order valence-corrected chi connectivity index (χ4v) is 5.12. The summed E-state index contributed by atoms with van der Waals surface area (Å²) in [7, 11) is 1.37. The maximum Gasteiger partial charge on any atom is 0.258 e. The Morgan fingerprint density at radius 2 is 2.15 bits per heavy atom. The van der Waals surface area contributed by atoms with E-state index in [1.165, 1.54) is 17.7 Å². The van der Waals surface area contributed by atoms with E-state index >= 15 is 8.78 Å². The van der Waals surface area contributed by atoms with Crippen molar-refractivity contribution in [3.8, 4) is 23.1 Å². The molecule has 2 aliphatic rings. The van der Waals surface area contributed by atoms with E-state index in [4.69, 9.17) is 9.47 Å². The van der Waals surface area contributed by atoms with Gasteiger partial charge in [0.15, 0.2) is 11.4 Å². The molecule has 11 nitrogen and oxygen atoms in total. The standard InChI is InChI=1S/C24H23F4N9O2/c1-38-22-21-20(13-2-3-17-18(6-13)36(34-32-17)9-19(27)28)15(26)8-37(21)33-23(31-22)30-16-4-5-35(7-14(16)25)24(10-29)11-39-12-24/h2-3,6,8,14,16,19H,4-5,7,9,11-12H2,1H3,(H,30,33)/t14-,16+/m1/s1. The second kappa shape index (κ2) is 9.62. The number of hydrogen-bond donors (Lipinski definition) is 1. The average Bonchev–Trinajstić information content (AvgIpc) is 3.43. The maximum absolute atomic E-state index is 15.3. The molecule has 15 heteroatoms. The van der Waals surface area contributed by atoms with Crippen LogP contribution in [0.15, 0.2) is 24.4 Å². The number of hydrogen-bond acceptors (Lipinski definition) is 9. The van der Waals surface area contributed by atoms with Crippen LogP contribution in [-0.2, 0) is 11.3 Å². The fraction of sp³-hybridized carbons (Fsp3) is 0.458. The summed E-state index contributed by atoms with van der Waals surface area (Å²) in [5.74, 6) is -0.569. The topological polar surface area (TPSA) is 118 Å². The van der Waals surface area contributed by atoms with Gasteiger partial charge in [-0.25, -0.2) is 26.8 Å². The first-order valence-electron chi connectivity index (χ1n) is 12.2. The van der Waals surface area contributed by atoms with Crippen LogP contribution in [0.25, 0.3) is 27.7 Å². The van der Waals surface area contributed by atoms with Crippen LogP contribution in [0.2, 0.25) is 0 Å². The molecule has 1 N–H and O–H groups in total. The molecule has 4 aromatic rings. The van der Waals surface area contributed by atoms with Crippen LogP contribution in [0.4, 0.5) is 23.5 Å². The Kier molecular flexibility index (Phi) is 6.23. The van der Waals surface area contributed by atoms with Crippen molar-refractivity contribution in [3.05, 3.63) is 30.2 Å². The van der Waals surface area contributed by atoms with Crippen molar-refractivity contribution in [3.63, 3.8) is 0 Å². The lowest BCUT2D eigenvalue weighted by molar-refractivity contribution is -0.121. The fourth-order valence-electron chi connectivity index (χ4n) is 5.12. The molecule has 0 spiro atoms. The first-order valence-corrected chi connectivity index (χ1v) is 12.2. The number of anilines is 1. The highest BCUT2D eigenvalue weighted by Gasteiger charge is 2.48. The van der Waals surface area contributed by atoms with E-state index in [-0.39, 0.29) is 42.7 Å². The van der Waals surface area contributed by atoms with Gasteiger partial charge in [-0.15, -0.1) is 10.2 Å². The number of nitrogens with zero attached hydrogens (tertiary/aromatic N) is 8. The monoisotopic (exact) mass is 545 g/mol. The number of likely N-dealkylation sites (tertiary alicyclic amines) is 1. The van der Waals surface area contributed by atoms with Gasteiger partial charge in [-0.3, -0.25) is 4.90 Å². The van der Waals surface area contributed by atoms with Crippen LogP contribution in [0.5, 0.6) is 5.88 Å². The molecule has 0 radical (unpaired) electrons. The van der Waals surface area contributed by atoms with Crippen LogP contribution >= 0.6 is 0 Å². The lowest BCUT2D eigenvalue weighted by atomic mass is 9.92. The lowest BCUT2D eigenvalue weighted by Crippen LogP contribution is -2.65. The second-order valence-electron chi connectivity index (χ2n) is 9.59. The Balaban J connectivity index is 1.30. The van der Waals surface area contributed by atoms with Gasteiger partial charge in [0, 0.05) is 13.1 Å². The molecular formula is C24H23F4N9O2. The molecule has 0 aliphatic carbocycles. The van der Waals surface area contributed by atoms with Gasteiger partial charge < -0.3 is 14.8 Å². The Labute approximate surface area is 218 Å². The molecular weight excluding hydrogens is 522 g/mol. The van der Waals surface area contributed by atoms with Gasteiger partial charge in [0.1, 0.15) is 23.7 Å². The van der Waals surface area contributed by atoms with Gasteiger partial charge in [0.25, 0.3) is 6.43 Å². The molecule has 5 heterocycles. The van der Waals surface area contributed by atoms with Gasteiger partial charge >= 0.3 is 0 Å². The van der Waals surface area contributed by atoms with Crippen molar-refractivity contribution in [1.29, 1.82) is 5.26 Å². The van der Waals surface area contributed by atoms with Crippen LogP contribution in [0, 0.1) is 17.1 Å². The zero-order valence-electron chi connectivity index (χ0n) is 20.7. The molecule has 39 heavy (non-hydrogen) atoms. The molecule has 0 amide bonds. The highest BCUT2D eigenvalue weighted by atomic mass is 19.3. The molecule has 0 bridgehead atoms. The molecule has 3 aromatic heterocycles. The smallest absolute Gasteiger partial charge is 0.258 e. The van der Waals surface area contributed by atoms with Crippen molar-refractivity contribution in [1.82, 2.24) is 34.5 Å². The van der Waals surface area contributed by atoms with Crippen molar-refractivity contribution >= 4 is 22.5 Å². The number of rotatable bonds is 7. The summed E-state index contributed by atoms with van der Waals surface area (Å²) in [6.07, 6.45) is -2.42. The molecule has 2 atom stereocenters. The van der Waals surface area contributed by atoms with Crippen LogP contribution in [0.1, 0.15) is 6.42 Å². The summed E-state index contributed by atoms with van der Waals surface area (Å²) in [6.45, 7) is 0.391. The Hall–Kier alpha value is -4.03. The number of fused-ring (bicyclic) bond motifs is 2. The van der Waals surface area contributed by atoms with Crippen LogP contribution in [0.3, 0.4) is 0 Å². The molecule has 2 saturated heterocycles. The van der Waals surface area contributed by atoms with Crippen LogP contribution < -0.4 is 10.1 Å². The zero-order chi connectivity index (χ0) is 27.3. The minimum atomic E-state index is -2.64. The number of methoxy groups -OCH3 is 1. The van der Waals surface area contributed by atoms with Crippen molar-refractivity contribution < 1.29 is 27.0 Å². The third-order valence-electron chi connectivity index (χ3n) is 7.21. The number of aromatic nitrogens is 6. The van der Waals surface area contributed by atoms with Gasteiger partial charge in [-0.1, -0.05) is 11.3 Å². The van der Waals surface area contributed by atoms with Crippen molar-refractivity contribution in [2.75, 3.05) is 38.7 Å². The predicted molar refractivity (Wildman–Crippen MR) is 130 cm³/mol. The number of piperidine rings is 1. The Morgan fingerprint density at radius 1 is 1.33 bits per heavy atom. The van der Waals surface area contributed by atoms with E-state index in [2.05, 4.69) is 31.8 Å². The van der Waals surface area contributed by atoms with E-state index in [0.29, 0.717) is 29.6 Å². The molecule has 0 saturated carbocycles. The number of nitriles is 1. The average molecular weight is 546 g/mol. The summed E-state index contributed by atoms with van der Waals surface area (Å²) in [5.41, 5.74) is 0.590. The van der Waals surface area contributed by atoms with Gasteiger partial charge in [0.05, 0.1) is 49.7 Å². The van der Waals surface area contributed by atoms with E-state index in [1.807, 2.05) is 0 Å². The minimum Gasteiger partial charge on any atom is -0.479 e. The normalized spacial score (nSPS) is 21.3. The highest BCUT2D eigenvalue weighted by molar-refractivity contribution is 5.89. The Morgan fingerprint density at radius 3 is 2.82 bits per heavy atom. The van der Waals surface area contributed by atoms with E-state index < -0.39 is 36.5 Å². The zero-order valence-corrected chi connectivity index (χ0v) is 20.7. The quantitative estimate of drug-likeness (QED) is 0.350. The van der Waals surface area contributed by atoms with E-state index in [9.17, 15) is 14.0 Å². The van der Waals surface area contributed by atoms with E-state index in [0.717, 1.165) is 10.9 Å². The second-order valence-corrected chi connectivity index (χ2v) is 9.59. The summed E-state index contributed by atoms with van der Waals surface area (Å²) >= 11 is 0. The first kappa shape index (κ1) is 25.3. The SMILES string of the molecule is COc1nc(N[C@H]2CCN(C3(C#N)COC3)C[C@H]2F)nn2cc(F)c(-c3ccc4nnn(CC(F)F)c4c3)c12. The number of alkyl halides is 3. The third kappa shape index (κ3) is 4.29. The summed E-state index contributed by atoms with van der Waals surface area (Å²) < 4.78 is 69.3. The van der Waals surface area contributed by atoms with Gasteiger partial charge in [-0.05, 0) is 24.1 Å².